The summed E-state index contributed by atoms with van der Waals surface area (Å²) in [5.41, 5.74) is 3.80. The maximum absolute atomic E-state index is 12.3. The highest BCUT2D eigenvalue weighted by molar-refractivity contribution is 6.02. The zero-order valence-corrected chi connectivity index (χ0v) is 14.0. The molecule has 2 rings (SSSR count). The van der Waals surface area contributed by atoms with E-state index in [-0.39, 0.29) is 18.4 Å². The number of benzene rings is 2. The molecule has 1 N–H and O–H groups in total. The summed E-state index contributed by atoms with van der Waals surface area (Å²) in [5, 5.41) is 11.5. The summed E-state index contributed by atoms with van der Waals surface area (Å²) >= 11 is 0. The Labute approximate surface area is 141 Å². The number of rotatable bonds is 4. The molecule has 0 atom stereocenters. The van der Waals surface area contributed by atoms with Crippen molar-refractivity contribution in [2.24, 2.45) is 0 Å². The van der Waals surface area contributed by atoms with Crippen molar-refractivity contribution >= 4 is 23.2 Å². The first-order valence-electron chi connectivity index (χ1n) is 7.56. The number of amides is 2. The van der Waals surface area contributed by atoms with Crippen molar-refractivity contribution in [2.75, 3.05) is 16.8 Å². The largest absolute Gasteiger partial charge is 0.325 e. The Morgan fingerprint density at radius 2 is 1.79 bits per heavy atom. The van der Waals surface area contributed by atoms with Gasteiger partial charge in [-0.3, -0.25) is 9.59 Å². The van der Waals surface area contributed by atoms with Crippen molar-refractivity contribution < 1.29 is 9.59 Å². The van der Waals surface area contributed by atoms with E-state index in [0.29, 0.717) is 11.3 Å². The van der Waals surface area contributed by atoms with Gasteiger partial charge in [0.05, 0.1) is 11.6 Å². The molecule has 2 amide bonds. The molecule has 0 heterocycles. The number of nitrogens with one attached hydrogen (secondary N) is 1. The number of nitrogens with zero attached hydrogens (tertiary/aromatic N) is 2. The van der Waals surface area contributed by atoms with Gasteiger partial charge in [-0.2, -0.15) is 5.26 Å². The lowest BCUT2D eigenvalue weighted by atomic mass is 10.1. The average molecular weight is 321 g/mol. The summed E-state index contributed by atoms with van der Waals surface area (Å²) in [6.45, 7) is 5.22. The van der Waals surface area contributed by atoms with Crippen LogP contribution in [0.3, 0.4) is 0 Å². The third-order valence-corrected chi connectivity index (χ3v) is 3.64. The van der Waals surface area contributed by atoms with Crippen LogP contribution in [0.4, 0.5) is 11.4 Å². The van der Waals surface area contributed by atoms with Gasteiger partial charge in [-0.1, -0.05) is 12.1 Å². The van der Waals surface area contributed by atoms with Gasteiger partial charge in [0, 0.05) is 18.3 Å². The predicted molar refractivity (Wildman–Crippen MR) is 93.7 cm³/mol. The Bertz CT molecular complexity index is 804. The Balaban J connectivity index is 2.15. The number of anilines is 2. The summed E-state index contributed by atoms with van der Waals surface area (Å²) < 4.78 is 0. The molecule has 0 aliphatic carbocycles. The number of hydrogen-bond donors (Lipinski definition) is 1. The van der Waals surface area contributed by atoms with Crippen LogP contribution >= 0.6 is 0 Å². The van der Waals surface area contributed by atoms with Crippen LogP contribution < -0.4 is 10.2 Å². The number of carbonyl (C=O) groups excluding carboxylic acids is 2. The molecule has 0 saturated carbocycles. The van der Waals surface area contributed by atoms with Crippen molar-refractivity contribution in [3.05, 3.63) is 59.2 Å². The molecule has 0 radical (unpaired) electrons. The minimum absolute atomic E-state index is 0.0698. The van der Waals surface area contributed by atoms with Gasteiger partial charge in [0.1, 0.15) is 6.54 Å². The molecule has 5 nitrogen and oxygen atoms in total. The van der Waals surface area contributed by atoms with Gasteiger partial charge in [0.25, 0.3) is 0 Å². The van der Waals surface area contributed by atoms with Crippen LogP contribution in [-0.4, -0.2) is 18.4 Å². The van der Waals surface area contributed by atoms with Crippen molar-refractivity contribution in [1.29, 1.82) is 5.26 Å². The maximum atomic E-state index is 12.3. The van der Waals surface area contributed by atoms with Gasteiger partial charge >= 0.3 is 0 Å². The molecule has 2 aromatic rings. The second kappa shape index (κ2) is 7.42. The van der Waals surface area contributed by atoms with Gasteiger partial charge in [-0.05, 0) is 55.3 Å². The topological polar surface area (TPSA) is 73.2 Å². The van der Waals surface area contributed by atoms with Crippen LogP contribution in [0.25, 0.3) is 0 Å². The Morgan fingerprint density at radius 3 is 2.38 bits per heavy atom. The molecule has 24 heavy (non-hydrogen) atoms. The van der Waals surface area contributed by atoms with E-state index < -0.39 is 0 Å². The van der Waals surface area contributed by atoms with Crippen LogP contribution in [0.5, 0.6) is 0 Å². The summed E-state index contributed by atoms with van der Waals surface area (Å²) in [4.78, 5) is 25.7. The monoisotopic (exact) mass is 321 g/mol. The molecule has 0 saturated heterocycles. The van der Waals surface area contributed by atoms with Crippen LogP contribution in [0.15, 0.2) is 42.5 Å². The van der Waals surface area contributed by atoms with Crippen LogP contribution in [-0.2, 0) is 9.59 Å². The lowest BCUT2D eigenvalue weighted by molar-refractivity contribution is -0.120. The lowest BCUT2D eigenvalue weighted by Gasteiger charge is -2.23. The number of aryl methyl sites for hydroxylation is 2. The molecule has 0 unspecified atom stereocenters. The molecule has 0 aromatic heterocycles. The molecule has 2 aromatic carbocycles. The van der Waals surface area contributed by atoms with Crippen molar-refractivity contribution in [3.8, 4) is 6.07 Å². The van der Waals surface area contributed by atoms with E-state index in [1.807, 2.05) is 38.1 Å². The maximum Gasteiger partial charge on any atom is 0.244 e. The van der Waals surface area contributed by atoms with Crippen molar-refractivity contribution in [3.63, 3.8) is 0 Å². The summed E-state index contributed by atoms with van der Waals surface area (Å²) in [5.74, 6) is -0.491. The van der Waals surface area contributed by atoms with E-state index in [9.17, 15) is 9.59 Å². The summed E-state index contributed by atoms with van der Waals surface area (Å²) in [6.07, 6.45) is 0. The first-order chi connectivity index (χ1) is 11.4. The fraction of sp³-hybridized carbons (Fsp3) is 0.211. The molecule has 0 aliphatic rings. The molecule has 0 spiro atoms. The van der Waals surface area contributed by atoms with Crippen LogP contribution in [0.1, 0.15) is 23.6 Å². The third kappa shape index (κ3) is 4.20. The molecular weight excluding hydrogens is 302 g/mol. The van der Waals surface area contributed by atoms with Gasteiger partial charge in [0.15, 0.2) is 0 Å². The standard InChI is InChI=1S/C19H19N3O2/c1-13-4-5-14(2)18(10-13)22(15(3)23)12-19(24)21-17-8-6-16(11-20)7-9-17/h4-10H,12H2,1-3H3,(H,21,24). The molecule has 122 valence electrons. The zero-order chi connectivity index (χ0) is 17.7. The van der Waals surface area contributed by atoms with E-state index >= 15 is 0 Å². The van der Waals surface area contributed by atoms with E-state index in [2.05, 4.69) is 5.32 Å². The molecular formula is C19H19N3O2. The van der Waals surface area contributed by atoms with Crippen molar-refractivity contribution in [2.45, 2.75) is 20.8 Å². The smallest absolute Gasteiger partial charge is 0.244 e. The predicted octanol–water partition coefficient (Wildman–Crippen LogP) is 3.17. The third-order valence-electron chi connectivity index (χ3n) is 3.64. The molecule has 5 heteroatoms. The Hall–Kier alpha value is -3.13. The Morgan fingerprint density at radius 1 is 1.12 bits per heavy atom. The minimum atomic E-state index is -0.296. The lowest BCUT2D eigenvalue weighted by Crippen LogP contribution is -2.37. The number of nitriles is 1. The first kappa shape index (κ1) is 17.2. The number of carbonyl (C=O) groups is 2. The highest BCUT2D eigenvalue weighted by atomic mass is 16.2. The second-order valence-corrected chi connectivity index (χ2v) is 5.63. The average Bonchev–Trinajstić information content (AvgIpc) is 2.55. The van der Waals surface area contributed by atoms with Crippen molar-refractivity contribution in [1.82, 2.24) is 0 Å². The highest BCUT2D eigenvalue weighted by Crippen LogP contribution is 2.22. The van der Waals surface area contributed by atoms with Gasteiger partial charge in [0.2, 0.25) is 11.8 Å². The zero-order valence-electron chi connectivity index (χ0n) is 14.0. The number of hydrogen-bond acceptors (Lipinski definition) is 3. The van der Waals surface area contributed by atoms with Gasteiger partial charge in [-0.15, -0.1) is 0 Å². The summed E-state index contributed by atoms with van der Waals surface area (Å²) in [6, 6.07) is 14.4. The molecule has 0 aliphatic heterocycles. The van der Waals surface area contributed by atoms with Gasteiger partial charge < -0.3 is 10.2 Å². The normalized spacial score (nSPS) is 9.92. The highest BCUT2D eigenvalue weighted by Gasteiger charge is 2.17. The summed E-state index contributed by atoms with van der Waals surface area (Å²) in [7, 11) is 0. The van der Waals surface area contributed by atoms with Gasteiger partial charge in [-0.25, -0.2) is 0 Å². The van der Waals surface area contributed by atoms with Crippen LogP contribution in [0, 0.1) is 25.2 Å². The quantitative estimate of drug-likeness (QED) is 0.940. The van der Waals surface area contributed by atoms with E-state index in [4.69, 9.17) is 5.26 Å². The fourth-order valence-corrected chi connectivity index (χ4v) is 2.35. The fourth-order valence-electron chi connectivity index (χ4n) is 2.35. The first-order valence-corrected chi connectivity index (χ1v) is 7.56. The SMILES string of the molecule is CC(=O)N(CC(=O)Nc1ccc(C#N)cc1)c1cc(C)ccc1C. The van der Waals surface area contributed by atoms with E-state index in [0.717, 1.165) is 16.8 Å². The van der Waals surface area contributed by atoms with Crippen LogP contribution in [0.2, 0.25) is 0 Å². The second-order valence-electron chi connectivity index (χ2n) is 5.63. The Kier molecular flexibility index (Phi) is 5.33. The molecule has 0 fully saturated rings. The minimum Gasteiger partial charge on any atom is -0.325 e. The van der Waals surface area contributed by atoms with E-state index in [1.165, 1.54) is 11.8 Å². The molecule has 0 bridgehead atoms. The van der Waals surface area contributed by atoms with E-state index in [1.54, 1.807) is 24.3 Å².